The summed E-state index contributed by atoms with van der Waals surface area (Å²) in [6.07, 6.45) is 4.34. The van der Waals surface area contributed by atoms with Crippen molar-refractivity contribution in [2.24, 2.45) is 0 Å². The minimum atomic E-state index is -0.367. The van der Waals surface area contributed by atoms with Gasteiger partial charge in [0.1, 0.15) is 11.5 Å². The Morgan fingerprint density at radius 2 is 1.88 bits per heavy atom. The van der Waals surface area contributed by atoms with Crippen molar-refractivity contribution in [2.45, 2.75) is 44.6 Å². The summed E-state index contributed by atoms with van der Waals surface area (Å²) in [5.74, 6) is 0.473. The lowest BCUT2D eigenvalue weighted by molar-refractivity contribution is 0.0817. The molecule has 126 valence electrons. The maximum absolute atomic E-state index is 12.8. The van der Waals surface area contributed by atoms with E-state index in [1.807, 2.05) is 38.1 Å². The summed E-state index contributed by atoms with van der Waals surface area (Å²) in [6, 6.07) is 7.61. The summed E-state index contributed by atoms with van der Waals surface area (Å²) in [5.41, 5.74) is 0.921. The predicted molar refractivity (Wildman–Crippen MR) is 95.6 cm³/mol. The molecule has 3 rings (SSSR count). The first-order chi connectivity index (χ1) is 11.4. The van der Waals surface area contributed by atoms with Crippen LogP contribution in [0.3, 0.4) is 0 Å². The molecule has 6 heteroatoms. The minimum Gasteiger partial charge on any atom is -0.341 e. The number of carbonyl (C=O) groups excluding carboxylic acids is 1. The molecule has 24 heavy (non-hydrogen) atoms. The van der Waals surface area contributed by atoms with E-state index in [4.69, 9.17) is 23.2 Å². The Hall–Kier alpha value is -1.65. The van der Waals surface area contributed by atoms with Crippen molar-refractivity contribution in [1.29, 1.82) is 0 Å². The highest BCUT2D eigenvalue weighted by Crippen LogP contribution is 2.41. The van der Waals surface area contributed by atoms with Crippen molar-refractivity contribution in [1.82, 2.24) is 15.3 Å². The van der Waals surface area contributed by atoms with Crippen LogP contribution in [0.1, 0.15) is 60.9 Å². The molecule has 1 aromatic carbocycles. The van der Waals surface area contributed by atoms with Gasteiger partial charge in [0.2, 0.25) is 0 Å². The Bertz CT molecular complexity index is 755. The van der Waals surface area contributed by atoms with E-state index < -0.39 is 0 Å². The summed E-state index contributed by atoms with van der Waals surface area (Å²) in [6.45, 7) is 3.96. The summed E-state index contributed by atoms with van der Waals surface area (Å²) in [4.78, 5) is 21.3. The van der Waals surface area contributed by atoms with E-state index >= 15 is 0 Å². The van der Waals surface area contributed by atoms with Crippen molar-refractivity contribution < 1.29 is 4.79 Å². The van der Waals surface area contributed by atoms with Gasteiger partial charge in [0.25, 0.3) is 5.91 Å². The third kappa shape index (κ3) is 3.26. The molecule has 1 aliphatic carbocycles. The number of halogens is 2. The number of rotatable bonds is 4. The van der Waals surface area contributed by atoms with Crippen LogP contribution in [0.15, 0.2) is 30.5 Å². The van der Waals surface area contributed by atoms with Crippen molar-refractivity contribution in [3.63, 3.8) is 0 Å². The summed E-state index contributed by atoms with van der Waals surface area (Å²) < 4.78 is 0. The number of hydrogen-bond acceptors (Lipinski definition) is 3. The molecule has 0 unspecified atom stereocenters. The topological polar surface area (TPSA) is 54.9 Å². The molecule has 1 aromatic heterocycles. The van der Waals surface area contributed by atoms with Crippen LogP contribution in [0.4, 0.5) is 0 Å². The summed E-state index contributed by atoms with van der Waals surface area (Å²) in [5, 5.41) is 4.08. The van der Waals surface area contributed by atoms with Gasteiger partial charge in [0.05, 0.1) is 16.8 Å². The van der Waals surface area contributed by atoms with Crippen molar-refractivity contribution >= 4 is 29.1 Å². The average molecular weight is 364 g/mol. The van der Waals surface area contributed by atoms with Gasteiger partial charge in [-0.25, -0.2) is 9.97 Å². The molecule has 0 atom stereocenters. The molecule has 0 spiro atoms. The Morgan fingerprint density at radius 3 is 2.42 bits per heavy atom. The molecule has 0 bridgehead atoms. The quantitative estimate of drug-likeness (QED) is 0.854. The van der Waals surface area contributed by atoms with Crippen LogP contribution in [-0.4, -0.2) is 15.9 Å². The van der Waals surface area contributed by atoms with E-state index in [0.717, 1.165) is 24.8 Å². The molecule has 4 nitrogen and oxygen atoms in total. The Kier molecular flexibility index (Phi) is 4.79. The lowest BCUT2D eigenvalue weighted by Crippen LogP contribution is -2.51. The van der Waals surface area contributed by atoms with Crippen molar-refractivity contribution in [3.05, 3.63) is 57.6 Å². The molecule has 1 heterocycles. The predicted octanol–water partition coefficient (Wildman–Crippen LogP) is 4.72. The second kappa shape index (κ2) is 6.69. The van der Waals surface area contributed by atoms with Crippen molar-refractivity contribution in [2.75, 3.05) is 0 Å². The monoisotopic (exact) mass is 363 g/mol. The average Bonchev–Trinajstić information content (AvgIpc) is 2.52. The first kappa shape index (κ1) is 17.2. The molecule has 1 amide bonds. The van der Waals surface area contributed by atoms with Crippen molar-refractivity contribution in [3.8, 4) is 0 Å². The fraction of sp³-hybridized carbons (Fsp3) is 0.389. The van der Waals surface area contributed by atoms with Gasteiger partial charge >= 0.3 is 0 Å². The summed E-state index contributed by atoms with van der Waals surface area (Å²) in [7, 11) is 0. The first-order valence-electron chi connectivity index (χ1n) is 8.02. The largest absolute Gasteiger partial charge is 0.341 e. The minimum absolute atomic E-state index is 0.128. The number of nitrogens with one attached hydrogen (secondary N) is 1. The van der Waals surface area contributed by atoms with Crippen LogP contribution in [-0.2, 0) is 5.54 Å². The van der Waals surface area contributed by atoms with Gasteiger partial charge in [-0.15, -0.1) is 0 Å². The zero-order valence-electron chi connectivity index (χ0n) is 13.6. The number of carbonyl (C=O) groups is 1. The molecular formula is C18H19Cl2N3O. The SMILES string of the molecule is CC(C)c1ncc(Cl)c(C(=O)NC2(c3ccc(Cl)cc3)CCC2)n1. The number of benzene rings is 1. The normalized spacial score (nSPS) is 15.9. The van der Waals surface area contributed by atoms with Crippen LogP contribution in [0, 0.1) is 0 Å². The van der Waals surface area contributed by atoms with E-state index in [0.29, 0.717) is 10.8 Å². The number of aromatic nitrogens is 2. The Balaban J connectivity index is 1.88. The smallest absolute Gasteiger partial charge is 0.272 e. The van der Waals surface area contributed by atoms with Crippen LogP contribution in [0.25, 0.3) is 0 Å². The Morgan fingerprint density at radius 1 is 1.21 bits per heavy atom. The van der Waals surface area contributed by atoms with Gasteiger partial charge in [-0.1, -0.05) is 49.2 Å². The van der Waals surface area contributed by atoms with Gasteiger partial charge < -0.3 is 5.32 Å². The van der Waals surface area contributed by atoms with Crippen LogP contribution in [0.2, 0.25) is 10.0 Å². The van der Waals surface area contributed by atoms with Crippen LogP contribution >= 0.6 is 23.2 Å². The zero-order chi connectivity index (χ0) is 17.3. The third-order valence-electron chi connectivity index (χ3n) is 4.45. The highest BCUT2D eigenvalue weighted by Gasteiger charge is 2.40. The molecule has 1 N–H and O–H groups in total. The number of hydrogen-bond donors (Lipinski definition) is 1. The second-order valence-corrected chi connectivity index (χ2v) is 7.32. The van der Waals surface area contributed by atoms with E-state index in [9.17, 15) is 4.79 Å². The van der Waals surface area contributed by atoms with Gasteiger partial charge in [0.15, 0.2) is 0 Å². The standard InChI is InChI=1S/C18H19Cl2N3O/c1-11(2)16-21-10-14(20)15(22-16)17(24)23-18(8-3-9-18)12-4-6-13(19)7-5-12/h4-7,10-11H,3,8-9H2,1-2H3,(H,23,24). The third-order valence-corrected chi connectivity index (χ3v) is 4.98. The lowest BCUT2D eigenvalue weighted by Gasteiger charge is -2.43. The van der Waals surface area contributed by atoms with E-state index in [1.54, 1.807) is 0 Å². The molecule has 0 saturated heterocycles. The summed E-state index contributed by atoms with van der Waals surface area (Å²) >= 11 is 12.1. The van der Waals surface area contributed by atoms with Gasteiger partial charge in [0, 0.05) is 10.9 Å². The molecule has 1 aliphatic rings. The second-order valence-electron chi connectivity index (χ2n) is 6.48. The molecule has 1 saturated carbocycles. The molecule has 0 aliphatic heterocycles. The highest BCUT2D eigenvalue weighted by molar-refractivity contribution is 6.33. The van der Waals surface area contributed by atoms with E-state index in [-0.39, 0.29) is 28.1 Å². The van der Waals surface area contributed by atoms with E-state index in [1.165, 1.54) is 6.20 Å². The number of amides is 1. The van der Waals surface area contributed by atoms with Gasteiger partial charge in [-0.05, 0) is 37.0 Å². The maximum Gasteiger partial charge on any atom is 0.272 e. The van der Waals surface area contributed by atoms with Crippen LogP contribution < -0.4 is 5.32 Å². The molecular weight excluding hydrogens is 345 g/mol. The first-order valence-corrected chi connectivity index (χ1v) is 8.78. The highest BCUT2D eigenvalue weighted by atomic mass is 35.5. The molecule has 2 aromatic rings. The van der Waals surface area contributed by atoms with Crippen LogP contribution in [0.5, 0.6) is 0 Å². The number of nitrogens with zero attached hydrogens (tertiary/aromatic N) is 2. The van der Waals surface area contributed by atoms with Gasteiger partial charge in [-0.2, -0.15) is 0 Å². The maximum atomic E-state index is 12.8. The van der Waals surface area contributed by atoms with Gasteiger partial charge in [-0.3, -0.25) is 4.79 Å². The Labute approximate surface area is 151 Å². The zero-order valence-corrected chi connectivity index (χ0v) is 15.2. The molecule has 0 radical (unpaired) electrons. The fourth-order valence-electron chi connectivity index (χ4n) is 2.88. The molecule has 1 fully saturated rings. The lowest BCUT2D eigenvalue weighted by atomic mass is 9.71. The van der Waals surface area contributed by atoms with E-state index in [2.05, 4.69) is 15.3 Å². The fourth-order valence-corrected chi connectivity index (χ4v) is 3.18.